The predicted molar refractivity (Wildman–Crippen MR) is 103 cm³/mol. The summed E-state index contributed by atoms with van der Waals surface area (Å²) in [7, 11) is 1.70. The maximum Gasteiger partial charge on any atom is 0.338 e. The molecule has 0 saturated carbocycles. The van der Waals surface area contributed by atoms with Crippen LogP contribution in [0, 0.1) is 0 Å². The highest BCUT2D eigenvalue weighted by atomic mass is 32.1. The molecule has 0 spiro atoms. The number of amides is 1. The Balaban J connectivity index is 1.50. The molecule has 1 aromatic heterocycles. The monoisotopic (exact) mass is 371 g/mol. The third-order valence-corrected chi connectivity index (χ3v) is 4.96. The van der Waals surface area contributed by atoms with E-state index in [2.05, 4.69) is 5.10 Å². The molecule has 0 N–H and O–H groups in total. The molecule has 0 bridgehead atoms. The van der Waals surface area contributed by atoms with E-state index in [-0.39, 0.29) is 12.5 Å². The van der Waals surface area contributed by atoms with Crippen molar-refractivity contribution in [2.24, 2.45) is 5.10 Å². The van der Waals surface area contributed by atoms with E-state index in [9.17, 15) is 9.59 Å². The minimum Gasteiger partial charge on any atom is -0.452 e. The summed E-state index contributed by atoms with van der Waals surface area (Å²) in [6.07, 6.45) is 0.949. The van der Waals surface area contributed by atoms with Gasteiger partial charge in [0.15, 0.2) is 6.61 Å². The van der Waals surface area contributed by atoms with Crippen molar-refractivity contribution in [3.63, 3.8) is 0 Å². The van der Waals surface area contributed by atoms with Gasteiger partial charge in [-0.25, -0.2) is 4.79 Å². The van der Waals surface area contributed by atoms with Gasteiger partial charge < -0.3 is 9.64 Å². The molecule has 7 heteroatoms. The zero-order valence-corrected chi connectivity index (χ0v) is 15.7. The fourth-order valence-corrected chi connectivity index (χ4v) is 3.33. The van der Waals surface area contributed by atoms with Gasteiger partial charge in [0.05, 0.1) is 17.8 Å². The molecule has 0 aliphatic carbocycles. The van der Waals surface area contributed by atoms with Crippen LogP contribution in [0.25, 0.3) is 0 Å². The number of carbonyl (C=O) groups excluding carboxylic acids is 2. The Labute approximate surface area is 156 Å². The number of likely N-dealkylation sites (N-methyl/N-ethyl adjacent to an activating group) is 1. The highest BCUT2D eigenvalue weighted by Crippen LogP contribution is 2.20. The molecule has 26 heavy (non-hydrogen) atoms. The first-order chi connectivity index (χ1) is 12.5. The predicted octanol–water partition coefficient (Wildman–Crippen LogP) is 3.15. The van der Waals surface area contributed by atoms with Gasteiger partial charge in [-0.1, -0.05) is 6.07 Å². The van der Waals surface area contributed by atoms with E-state index in [4.69, 9.17) is 4.74 Å². The third kappa shape index (κ3) is 4.49. The molecule has 2 heterocycles. The summed E-state index contributed by atoms with van der Waals surface area (Å²) in [4.78, 5) is 26.9. The van der Waals surface area contributed by atoms with Crippen molar-refractivity contribution in [1.82, 2.24) is 4.90 Å². The Kier molecular flexibility index (Phi) is 5.68. The maximum atomic E-state index is 12.1. The van der Waals surface area contributed by atoms with E-state index in [0.717, 1.165) is 29.2 Å². The minimum absolute atomic E-state index is 0.231. The molecule has 1 amide bonds. The van der Waals surface area contributed by atoms with Crippen LogP contribution in [0.15, 0.2) is 46.9 Å². The van der Waals surface area contributed by atoms with Gasteiger partial charge in [0.1, 0.15) is 0 Å². The molecule has 1 aliphatic heterocycles. The largest absolute Gasteiger partial charge is 0.452 e. The number of rotatable bonds is 6. The Bertz CT molecular complexity index is 800. The average molecular weight is 371 g/mol. The first-order valence-electron chi connectivity index (χ1n) is 8.38. The van der Waals surface area contributed by atoms with E-state index in [1.165, 1.54) is 0 Å². The Morgan fingerprint density at radius 1 is 1.27 bits per heavy atom. The van der Waals surface area contributed by atoms with E-state index in [1.54, 1.807) is 35.4 Å². The number of nitrogens with zero attached hydrogens (tertiary/aromatic N) is 3. The van der Waals surface area contributed by atoms with Crippen LogP contribution >= 0.6 is 11.3 Å². The molecule has 0 unspecified atom stereocenters. The summed E-state index contributed by atoms with van der Waals surface area (Å²) in [6.45, 7) is 3.09. The number of carbonyl (C=O) groups is 2. The summed E-state index contributed by atoms with van der Waals surface area (Å²) in [5.41, 5.74) is 2.45. The molecule has 1 aromatic carbocycles. The van der Waals surface area contributed by atoms with Crippen molar-refractivity contribution in [2.45, 2.75) is 19.9 Å². The third-order valence-electron chi connectivity index (χ3n) is 4.10. The fourth-order valence-electron chi connectivity index (χ4n) is 2.58. The lowest BCUT2D eigenvalue weighted by molar-refractivity contribution is -0.133. The Hall–Kier alpha value is -2.67. The van der Waals surface area contributed by atoms with Gasteiger partial charge in [0, 0.05) is 30.6 Å². The molecule has 0 fully saturated rings. The number of benzene rings is 1. The molecule has 1 aliphatic rings. The van der Waals surface area contributed by atoms with Crippen molar-refractivity contribution in [2.75, 3.05) is 25.2 Å². The molecular weight excluding hydrogens is 350 g/mol. The van der Waals surface area contributed by atoms with Gasteiger partial charge in [-0.15, -0.1) is 11.3 Å². The summed E-state index contributed by atoms with van der Waals surface area (Å²) >= 11 is 1.59. The Morgan fingerprint density at radius 2 is 2.04 bits per heavy atom. The first kappa shape index (κ1) is 18.1. The highest BCUT2D eigenvalue weighted by Gasteiger charge is 2.16. The van der Waals surface area contributed by atoms with E-state index in [0.29, 0.717) is 12.1 Å². The molecule has 3 rings (SSSR count). The van der Waals surface area contributed by atoms with Crippen molar-refractivity contribution >= 4 is 34.6 Å². The molecule has 0 radical (unpaired) electrons. The van der Waals surface area contributed by atoms with Crippen LogP contribution in [0.5, 0.6) is 0 Å². The highest BCUT2D eigenvalue weighted by molar-refractivity contribution is 7.09. The second-order valence-electron chi connectivity index (χ2n) is 6.16. The van der Waals surface area contributed by atoms with Crippen molar-refractivity contribution in [1.29, 1.82) is 0 Å². The van der Waals surface area contributed by atoms with Gasteiger partial charge >= 0.3 is 5.97 Å². The minimum atomic E-state index is -0.504. The van der Waals surface area contributed by atoms with Crippen LogP contribution in [-0.4, -0.2) is 42.7 Å². The normalized spacial score (nSPS) is 13.5. The van der Waals surface area contributed by atoms with Crippen LogP contribution < -0.4 is 5.01 Å². The fraction of sp³-hybridized carbons (Fsp3) is 0.316. The molecule has 0 saturated heterocycles. The lowest BCUT2D eigenvalue weighted by Gasteiger charge is -2.16. The summed E-state index contributed by atoms with van der Waals surface area (Å²) < 4.78 is 5.14. The lowest BCUT2D eigenvalue weighted by atomic mass is 10.2. The first-order valence-corrected chi connectivity index (χ1v) is 9.26. The van der Waals surface area contributed by atoms with Crippen molar-refractivity contribution in [3.8, 4) is 0 Å². The SMILES string of the molecule is CC1=NN(c2ccc(C(=O)OCC(=O)N(C)Cc3cccs3)cc2)CC1. The van der Waals surface area contributed by atoms with Crippen molar-refractivity contribution < 1.29 is 14.3 Å². The molecule has 136 valence electrons. The van der Waals surface area contributed by atoms with Crippen LogP contribution in [0.4, 0.5) is 5.69 Å². The second-order valence-corrected chi connectivity index (χ2v) is 7.19. The number of hydrazone groups is 1. The molecular formula is C19H21N3O3S. The summed E-state index contributed by atoms with van der Waals surface area (Å²) in [5, 5.41) is 8.30. The average Bonchev–Trinajstić information content (AvgIpc) is 3.31. The molecule has 0 atom stereocenters. The van der Waals surface area contributed by atoms with Crippen LogP contribution in [0.1, 0.15) is 28.6 Å². The zero-order chi connectivity index (χ0) is 18.5. The number of anilines is 1. The van der Waals surface area contributed by atoms with Crippen LogP contribution in [0.3, 0.4) is 0 Å². The van der Waals surface area contributed by atoms with E-state index >= 15 is 0 Å². The Morgan fingerprint density at radius 3 is 2.65 bits per heavy atom. The smallest absolute Gasteiger partial charge is 0.338 e. The van der Waals surface area contributed by atoms with Crippen molar-refractivity contribution in [3.05, 3.63) is 52.2 Å². The zero-order valence-electron chi connectivity index (χ0n) is 14.8. The summed E-state index contributed by atoms with van der Waals surface area (Å²) in [5.74, 6) is -0.735. The number of esters is 1. The molecule has 2 aromatic rings. The quantitative estimate of drug-likeness (QED) is 0.732. The number of hydrogen-bond donors (Lipinski definition) is 0. The summed E-state index contributed by atoms with van der Waals surface area (Å²) in [6, 6.07) is 11.0. The topological polar surface area (TPSA) is 62.2 Å². The second kappa shape index (κ2) is 8.14. The lowest BCUT2D eigenvalue weighted by Crippen LogP contribution is -2.30. The van der Waals surface area contributed by atoms with E-state index in [1.807, 2.05) is 41.6 Å². The van der Waals surface area contributed by atoms with Gasteiger partial charge in [0.25, 0.3) is 5.91 Å². The van der Waals surface area contributed by atoms with Gasteiger partial charge in [-0.3, -0.25) is 9.80 Å². The van der Waals surface area contributed by atoms with Crippen LogP contribution in [-0.2, 0) is 16.1 Å². The van der Waals surface area contributed by atoms with E-state index < -0.39 is 5.97 Å². The van der Waals surface area contributed by atoms with Gasteiger partial charge in [0.2, 0.25) is 0 Å². The molecule has 6 nitrogen and oxygen atoms in total. The van der Waals surface area contributed by atoms with Gasteiger partial charge in [-0.05, 0) is 42.6 Å². The van der Waals surface area contributed by atoms with Crippen LogP contribution in [0.2, 0.25) is 0 Å². The maximum absolute atomic E-state index is 12.1. The number of thiophene rings is 1. The van der Waals surface area contributed by atoms with Gasteiger partial charge in [-0.2, -0.15) is 5.10 Å². The number of hydrogen-bond acceptors (Lipinski definition) is 6. The number of ether oxygens (including phenoxy) is 1. The standard InChI is InChI=1S/C19H21N3O3S/c1-14-9-10-22(20-14)16-7-5-15(6-8-16)19(24)25-13-18(23)21(2)12-17-4-3-11-26-17/h3-8,11H,9-10,12-13H2,1-2H3.